The van der Waals surface area contributed by atoms with E-state index in [0.717, 1.165) is 12.1 Å². The normalized spacial score (nSPS) is 12.6. The summed E-state index contributed by atoms with van der Waals surface area (Å²) >= 11 is 1.18. The first kappa shape index (κ1) is 11.9. The fourth-order valence-electron chi connectivity index (χ4n) is 1.45. The zero-order valence-electron chi connectivity index (χ0n) is 9.83. The molecule has 0 spiro atoms. The summed E-state index contributed by atoms with van der Waals surface area (Å²) < 4.78 is 5.57. The van der Waals surface area contributed by atoms with Crippen LogP contribution in [0.2, 0.25) is 0 Å². The van der Waals surface area contributed by atoms with Gasteiger partial charge in [-0.3, -0.25) is 9.48 Å². The molecule has 2 rings (SSSR count). The maximum atomic E-state index is 11.8. The van der Waals surface area contributed by atoms with Crippen molar-refractivity contribution in [3.05, 3.63) is 29.0 Å². The van der Waals surface area contributed by atoms with Gasteiger partial charge in [0.15, 0.2) is 5.78 Å². The van der Waals surface area contributed by atoms with Crippen LogP contribution in [0.1, 0.15) is 42.5 Å². The summed E-state index contributed by atoms with van der Waals surface area (Å²) in [7, 11) is 0. The van der Waals surface area contributed by atoms with Gasteiger partial charge in [-0.25, -0.2) is 0 Å². The van der Waals surface area contributed by atoms with E-state index in [1.165, 1.54) is 11.5 Å². The number of nitrogens with zero attached hydrogens (tertiary/aromatic N) is 4. The van der Waals surface area contributed by atoms with E-state index in [1.54, 1.807) is 5.38 Å². The van der Waals surface area contributed by atoms with Gasteiger partial charge in [0.1, 0.15) is 5.69 Å². The lowest BCUT2D eigenvalue weighted by Crippen LogP contribution is -2.08. The Balaban J connectivity index is 2.04. The molecule has 0 radical (unpaired) electrons. The first-order valence-corrected chi connectivity index (χ1v) is 6.38. The molecule has 2 aromatic heterocycles. The van der Waals surface area contributed by atoms with Crippen molar-refractivity contribution in [2.75, 3.05) is 0 Å². The van der Waals surface area contributed by atoms with Crippen molar-refractivity contribution >= 4 is 17.3 Å². The van der Waals surface area contributed by atoms with E-state index >= 15 is 0 Å². The molecular weight excluding hydrogens is 236 g/mol. The van der Waals surface area contributed by atoms with Crippen molar-refractivity contribution in [1.29, 1.82) is 0 Å². The lowest BCUT2D eigenvalue weighted by atomic mass is 10.2. The minimum absolute atomic E-state index is 0.0341. The third-order valence-electron chi connectivity index (χ3n) is 2.69. The third-order valence-corrected chi connectivity index (χ3v) is 3.20. The molecule has 0 aliphatic rings. The van der Waals surface area contributed by atoms with Crippen LogP contribution < -0.4 is 0 Å². The zero-order valence-corrected chi connectivity index (χ0v) is 10.6. The first-order valence-electron chi connectivity index (χ1n) is 5.55. The average molecular weight is 250 g/mol. The molecule has 0 N–H and O–H groups in total. The lowest BCUT2D eigenvalue weighted by Gasteiger charge is -2.07. The number of aromatic nitrogens is 4. The molecule has 0 bridgehead atoms. The molecular formula is C11H14N4OS. The van der Waals surface area contributed by atoms with Gasteiger partial charge in [0.25, 0.3) is 0 Å². The third kappa shape index (κ3) is 2.76. The summed E-state index contributed by atoms with van der Waals surface area (Å²) in [5.41, 5.74) is 1.20. The largest absolute Gasteiger partial charge is 0.292 e. The van der Waals surface area contributed by atoms with Crippen molar-refractivity contribution in [2.45, 2.75) is 32.7 Å². The number of hydrogen-bond acceptors (Lipinski definition) is 5. The standard InChI is InChI=1S/C11H14N4OS/c1-3-8(2)15-5-4-9(13-15)6-11(16)10-7-17-14-12-10/h4-5,7-8H,3,6H2,1-2H3. The Morgan fingerprint density at radius 3 is 3.06 bits per heavy atom. The van der Waals surface area contributed by atoms with Crippen molar-refractivity contribution in [3.63, 3.8) is 0 Å². The van der Waals surface area contributed by atoms with Crippen LogP contribution in [0, 0.1) is 0 Å². The maximum Gasteiger partial charge on any atom is 0.190 e. The van der Waals surface area contributed by atoms with Crippen LogP contribution >= 0.6 is 11.5 Å². The Labute approximate surface area is 104 Å². The highest BCUT2D eigenvalue weighted by molar-refractivity contribution is 7.03. The van der Waals surface area contributed by atoms with Gasteiger partial charge in [-0.2, -0.15) is 5.10 Å². The quantitative estimate of drug-likeness (QED) is 0.763. The molecule has 2 heterocycles. The molecule has 1 unspecified atom stereocenters. The topological polar surface area (TPSA) is 60.7 Å². The summed E-state index contributed by atoms with van der Waals surface area (Å²) in [5.74, 6) is -0.0341. The van der Waals surface area contributed by atoms with Gasteiger partial charge in [-0.05, 0) is 30.9 Å². The molecule has 0 amide bonds. The van der Waals surface area contributed by atoms with Gasteiger partial charge in [0.2, 0.25) is 0 Å². The van der Waals surface area contributed by atoms with Gasteiger partial charge in [-0.1, -0.05) is 11.4 Å². The Morgan fingerprint density at radius 2 is 2.41 bits per heavy atom. The van der Waals surface area contributed by atoms with Crippen LogP contribution in [-0.4, -0.2) is 25.2 Å². The van der Waals surface area contributed by atoms with Gasteiger partial charge in [0, 0.05) is 17.6 Å². The molecule has 6 heteroatoms. The number of ketones is 1. The molecule has 90 valence electrons. The predicted molar refractivity (Wildman–Crippen MR) is 65.2 cm³/mol. The number of hydrogen-bond donors (Lipinski definition) is 0. The van der Waals surface area contributed by atoms with Crippen LogP contribution in [0.15, 0.2) is 17.6 Å². The van der Waals surface area contributed by atoms with E-state index < -0.39 is 0 Å². The second kappa shape index (κ2) is 5.18. The molecule has 0 fully saturated rings. The number of carbonyl (C=O) groups is 1. The Hall–Kier alpha value is -1.56. The highest BCUT2D eigenvalue weighted by atomic mass is 32.1. The molecule has 17 heavy (non-hydrogen) atoms. The van der Waals surface area contributed by atoms with Crippen LogP contribution in [0.4, 0.5) is 0 Å². The predicted octanol–water partition coefficient (Wildman–Crippen LogP) is 2.13. The minimum Gasteiger partial charge on any atom is -0.292 e. The molecule has 2 aromatic rings. The summed E-state index contributed by atoms with van der Waals surface area (Å²) in [6.45, 7) is 4.21. The van der Waals surface area contributed by atoms with Crippen LogP contribution in [0.3, 0.4) is 0 Å². The zero-order chi connectivity index (χ0) is 12.3. The lowest BCUT2D eigenvalue weighted by molar-refractivity contribution is 0.0987. The van der Waals surface area contributed by atoms with E-state index in [0.29, 0.717) is 11.7 Å². The SMILES string of the molecule is CCC(C)n1ccc(CC(=O)c2csnn2)n1. The summed E-state index contributed by atoms with van der Waals surface area (Å²) in [6.07, 6.45) is 3.22. The molecule has 0 aromatic carbocycles. The van der Waals surface area contributed by atoms with Crippen molar-refractivity contribution < 1.29 is 4.79 Å². The number of carbonyl (C=O) groups excluding carboxylic acids is 1. The molecule has 0 saturated carbocycles. The summed E-state index contributed by atoms with van der Waals surface area (Å²) in [5, 5.41) is 9.80. The van der Waals surface area contributed by atoms with E-state index in [-0.39, 0.29) is 12.2 Å². The fourth-order valence-corrected chi connectivity index (χ4v) is 1.91. The van der Waals surface area contributed by atoms with Gasteiger partial charge in [0.05, 0.1) is 12.1 Å². The highest BCUT2D eigenvalue weighted by Gasteiger charge is 2.12. The van der Waals surface area contributed by atoms with Crippen molar-refractivity contribution in [3.8, 4) is 0 Å². The van der Waals surface area contributed by atoms with Gasteiger partial charge < -0.3 is 0 Å². The van der Waals surface area contributed by atoms with Crippen LogP contribution in [0.5, 0.6) is 0 Å². The maximum absolute atomic E-state index is 11.8. The van der Waals surface area contributed by atoms with E-state index in [4.69, 9.17) is 0 Å². The van der Waals surface area contributed by atoms with Crippen LogP contribution in [-0.2, 0) is 6.42 Å². The number of rotatable bonds is 5. The fraction of sp³-hybridized carbons (Fsp3) is 0.455. The molecule has 5 nitrogen and oxygen atoms in total. The van der Waals surface area contributed by atoms with Crippen molar-refractivity contribution in [2.24, 2.45) is 0 Å². The second-order valence-electron chi connectivity index (χ2n) is 3.93. The average Bonchev–Trinajstić information content (AvgIpc) is 2.98. The Kier molecular flexibility index (Phi) is 3.63. The van der Waals surface area contributed by atoms with Crippen molar-refractivity contribution in [1.82, 2.24) is 19.4 Å². The summed E-state index contributed by atoms with van der Waals surface area (Å²) in [6, 6.07) is 2.24. The van der Waals surface area contributed by atoms with E-state index in [1.807, 2.05) is 16.9 Å². The smallest absolute Gasteiger partial charge is 0.190 e. The Morgan fingerprint density at radius 1 is 1.59 bits per heavy atom. The van der Waals surface area contributed by atoms with Gasteiger partial charge in [-0.15, -0.1) is 5.10 Å². The monoisotopic (exact) mass is 250 g/mol. The highest BCUT2D eigenvalue weighted by Crippen LogP contribution is 2.10. The summed E-state index contributed by atoms with van der Waals surface area (Å²) in [4.78, 5) is 11.8. The number of Topliss-reactive ketones (excluding diaryl/α,β-unsaturated/α-hetero) is 1. The molecule has 0 saturated heterocycles. The molecule has 1 atom stereocenters. The van der Waals surface area contributed by atoms with E-state index in [2.05, 4.69) is 28.5 Å². The minimum atomic E-state index is -0.0341. The Bertz CT molecular complexity index is 491. The molecule has 0 aliphatic carbocycles. The van der Waals surface area contributed by atoms with E-state index in [9.17, 15) is 4.79 Å². The first-order chi connectivity index (χ1) is 8.20. The molecule has 0 aliphatic heterocycles. The second-order valence-corrected chi connectivity index (χ2v) is 4.54. The van der Waals surface area contributed by atoms with Gasteiger partial charge >= 0.3 is 0 Å². The van der Waals surface area contributed by atoms with Crippen LogP contribution in [0.25, 0.3) is 0 Å².